The molecular weight excluding hydrogens is 190 g/mol. The molecule has 1 atom stereocenters. The van der Waals surface area contributed by atoms with Crippen LogP contribution < -0.4 is 5.32 Å². The van der Waals surface area contributed by atoms with Gasteiger partial charge in [-0.1, -0.05) is 32.1 Å². The lowest BCUT2D eigenvalue weighted by atomic mass is 9.86. The Morgan fingerprint density at radius 2 is 2.07 bits per heavy atom. The van der Waals surface area contributed by atoms with Gasteiger partial charge in [0, 0.05) is 13.0 Å². The highest BCUT2D eigenvalue weighted by Crippen LogP contribution is 2.27. The fraction of sp³-hybridized carbons (Fsp3) is 0.917. The zero-order valence-electron chi connectivity index (χ0n) is 9.67. The summed E-state index contributed by atoms with van der Waals surface area (Å²) in [6.07, 6.45) is 7.82. The molecule has 3 nitrogen and oxygen atoms in total. The predicted octanol–water partition coefficient (Wildman–Crippen LogP) is 1.84. The van der Waals surface area contributed by atoms with E-state index in [0.717, 1.165) is 12.3 Å². The van der Waals surface area contributed by atoms with E-state index in [1.54, 1.807) is 6.92 Å². The Kier molecular flexibility index (Phi) is 5.69. The zero-order valence-corrected chi connectivity index (χ0v) is 9.67. The van der Waals surface area contributed by atoms with Crippen molar-refractivity contribution in [2.24, 2.45) is 5.92 Å². The topological polar surface area (TPSA) is 49.3 Å². The van der Waals surface area contributed by atoms with Crippen LogP contribution in [0.4, 0.5) is 0 Å². The molecule has 0 saturated heterocycles. The van der Waals surface area contributed by atoms with Crippen molar-refractivity contribution in [1.29, 1.82) is 0 Å². The van der Waals surface area contributed by atoms with Gasteiger partial charge in [0.2, 0.25) is 5.91 Å². The third-order valence-electron chi connectivity index (χ3n) is 3.10. The van der Waals surface area contributed by atoms with Crippen molar-refractivity contribution in [3.8, 4) is 0 Å². The van der Waals surface area contributed by atoms with E-state index in [0.29, 0.717) is 13.0 Å². The van der Waals surface area contributed by atoms with Crippen molar-refractivity contribution in [3.63, 3.8) is 0 Å². The molecule has 1 rings (SSSR count). The van der Waals surface area contributed by atoms with Crippen LogP contribution in [-0.4, -0.2) is 23.7 Å². The number of aliphatic hydroxyl groups excluding tert-OH is 1. The lowest BCUT2D eigenvalue weighted by Crippen LogP contribution is -2.30. The molecule has 2 N–H and O–H groups in total. The third-order valence-corrected chi connectivity index (χ3v) is 3.10. The van der Waals surface area contributed by atoms with Crippen LogP contribution in [0.1, 0.15) is 51.9 Å². The average molecular weight is 213 g/mol. The highest BCUT2D eigenvalue weighted by Gasteiger charge is 2.14. The molecule has 0 heterocycles. The van der Waals surface area contributed by atoms with E-state index in [-0.39, 0.29) is 5.91 Å². The van der Waals surface area contributed by atoms with Crippen LogP contribution in [0, 0.1) is 5.92 Å². The van der Waals surface area contributed by atoms with Crippen molar-refractivity contribution in [3.05, 3.63) is 0 Å². The van der Waals surface area contributed by atoms with Gasteiger partial charge in [-0.25, -0.2) is 0 Å². The molecule has 0 spiro atoms. The molecule has 88 valence electrons. The number of nitrogens with one attached hydrogen (secondary N) is 1. The molecule has 1 aliphatic carbocycles. The molecule has 1 unspecified atom stereocenters. The Hall–Kier alpha value is -0.570. The van der Waals surface area contributed by atoms with Gasteiger partial charge in [0.25, 0.3) is 0 Å². The molecule has 0 bridgehead atoms. The molecule has 0 aromatic heterocycles. The summed E-state index contributed by atoms with van der Waals surface area (Å²) in [7, 11) is 0. The summed E-state index contributed by atoms with van der Waals surface area (Å²) < 4.78 is 0. The predicted molar refractivity (Wildman–Crippen MR) is 60.5 cm³/mol. The normalized spacial score (nSPS) is 19.9. The molecule has 1 amide bonds. The number of hydrogen-bond donors (Lipinski definition) is 2. The van der Waals surface area contributed by atoms with Gasteiger partial charge < -0.3 is 10.4 Å². The van der Waals surface area contributed by atoms with E-state index in [1.807, 2.05) is 0 Å². The summed E-state index contributed by atoms with van der Waals surface area (Å²) in [5, 5.41) is 11.7. The quantitative estimate of drug-likeness (QED) is 0.732. The second-order valence-electron chi connectivity index (χ2n) is 4.70. The van der Waals surface area contributed by atoms with Crippen molar-refractivity contribution < 1.29 is 9.90 Å². The second kappa shape index (κ2) is 6.83. The fourth-order valence-electron chi connectivity index (χ4n) is 2.16. The highest BCUT2D eigenvalue weighted by molar-refractivity contribution is 5.75. The maximum Gasteiger partial charge on any atom is 0.220 e. The first-order valence-electron chi connectivity index (χ1n) is 6.13. The summed E-state index contributed by atoms with van der Waals surface area (Å²) in [4.78, 5) is 11.4. The van der Waals surface area contributed by atoms with Crippen molar-refractivity contribution in [2.45, 2.75) is 58.0 Å². The van der Waals surface area contributed by atoms with Crippen LogP contribution in [0.2, 0.25) is 0 Å². The molecule has 0 aromatic carbocycles. The lowest BCUT2D eigenvalue weighted by molar-refractivity contribution is -0.121. The van der Waals surface area contributed by atoms with Crippen molar-refractivity contribution >= 4 is 5.91 Å². The smallest absolute Gasteiger partial charge is 0.220 e. The van der Waals surface area contributed by atoms with E-state index in [2.05, 4.69) is 5.32 Å². The summed E-state index contributed by atoms with van der Waals surface area (Å²) >= 11 is 0. The summed E-state index contributed by atoms with van der Waals surface area (Å²) in [5.41, 5.74) is 0. The Balaban J connectivity index is 2.05. The van der Waals surface area contributed by atoms with Crippen LogP contribution in [0.15, 0.2) is 0 Å². The van der Waals surface area contributed by atoms with Crippen LogP contribution in [0.3, 0.4) is 0 Å². The number of aliphatic hydroxyl groups is 1. The molecular formula is C12H23NO2. The van der Waals surface area contributed by atoms with E-state index in [9.17, 15) is 4.79 Å². The van der Waals surface area contributed by atoms with Gasteiger partial charge >= 0.3 is 0 Å². The first-order chi connectivity index (χ1) is 7.18. The molecule has 1 fully saturated rings. The molecule has 15 heavy (non-hydrogen) atoms. The van der Waals surface area contributed by atoms with Crippen LogP contribution >= 0.6 is 0 Å². The third kappa shape index (κ3) is 5.78. The van der Waals surface area contributed by atoms with Gasteiger partial charge in [0.1, 0.15) is 0 Å². The molecule has 0 aromatic rings. The second-order valence-corrected chi connectivity index (χ2v) is 4.70. The SMILES string of the molecule is CC(O)CNC(=O)CCC1CCCCC1. The number of hydrogen-bond acceptors (Lipinski definition) is 2. The first kappa shape index (κ1) is 12.5. The monoisotopic (exact) mass is 213 g/mol. The maximum atomic E-state index is 11.4. The van der Waals surface area contributed by atoms with Crippen molar-refractivity contribution in [2.75, 3.05) is 6.54 Å². The van der Waals surface area contributed by atoms with E-state index in [1.165, 1.54) is 32.1 Å². The number of carbonyl (C=O) groups excluding carboxylic acids is 1. The average Bonchev–Trinajstić information content (AvgIpc) is 2.25. The van der Waals surface area contributed by atoms with Crippen LogP contribution in [-0.2, 0) is 4.79 Å². The molecule has 1 aliphatic rings. The first-order valence-corrected chi connectivity index (χ1v) is 6.13. The fourth-order valence-corrected chi connectivity index (χ4v) is 2.16. The number of carbonyl (C=O) groups is 1. The van der Waals surface area contributed by atoms with Gasteiger partial charge in [-0.15, -0.1) is 0 Å². The van der Waals surface area contributed by atoms with Crippen molar-refractivity contribution in [1.82, 2.24) is 5.32 Å². The Labute approximate surface area is 92.3 Å². The van der Waals surface area contributed by atoms with E-state index >= 15 is 0 Å². The minimum absolute atomic E-state index is 0.0847. The molecule has 1 saturated carbocycles. The van der Waals surface area contributed by atoms with Gasteiger partial charge in [0.15, 0.2) is 0 Å². The summed E-state index contributed by atoms with van der Waals surface area (Å²) in [6, 6.07) is 0. The Bertz CT molecular complexity index is 186. The minimum Gasteiger partial charge on any atom is -0.392 e. The molecule has 0 aliphatic heterocycles. The number of rotatable bonds is 5. The Morgan fingerprint density at radius 1 is 1.40 bits per heavy atom. The standard InChI is InChI=1S/C12H23NO2/c1-10(14)9-13-12(15)8-7-11-5-3-2-4-6-11/h10-11,14H,2-9H2,1H3,(H,13,15). The number of amides is 1. The zero-order chi connectivity index (χ0) is 11.1. The van der Waals surface area contributed by atoms with Crippen LogP contribution in [0.25, 0.3) is 0 Å². The van der Waals surface area contributed by atoms with E-state index in [4.69, 9.17) is 5.11 Å². The van der Waals surface area contributed by atoms with E-state index < -0.39 is 6.10 Å². The van der Waals surface area contributed by atoms with Gasteiger partial charge in [-0.05, 0) is 19.3 Å². The van der Waals surface area contributed by atoms with Gasteiger partial charge in [0.05, 0.1) is 6.10 Å². The summed E-state index contributed by atoms with van der Waals surface area (Å²) in [6.45, 7) is 2.06. The Morgan fingerprint density at radius 3 is 2.67 bits per heavy atom. The highest BCUT2D eigenvalue weighted by atomic mass is 16.3. The van der Waals surface area contributed by atoms with Crippen LogP contribution in [0.5, 0.6) is 0 Å². The van der Waals surface area contributed by atoms with Gasteiger partial charge in [-0.3, -0.25) is 4.79 Å². The maximum absolute atomic E-state index is 11.4. The molecule has 0 radical (unpaired) electrons. The van der Waals surface area contributed by atoms with Gasteiger partial charge in [-0.2, -0.15) is 0 Å². The molecule has 3 heteroatoms. The summed E-state index contributed by atoms with van der Waals surface area (Å²) in [5.74, 6) is 0.845. The minimum atomic E-state index is -0.441. The lowest BCUT2D eigenvalue weighted by Gasteiger charge is -2.21. The largest absolute Gasteiger partial charge is 0.392 e.